The van der Waals surface area contributed by atoms with Gasteiger partial charge in [0.25, 0.3) is 0 Å². The van der Waals surface area contributed by atoms with Crippen molar-refractivity contribution in [1.82, 2.24) is 10.6 Å². The minimum absolute atomic E-state index is 0.0469. The fourth-order valence-corrected chi connectivity index (χ4v) is 1.23. The van der Waals surface area contributed by atoms with E-state index in [-0.39, 0.29) is 18.1 Å². The van der Waals surface area contributed by atoms with Gasteiger partial charge in [-0.15, -0.1) is 0 Å². The largest absolute Gasteiger partial charge is 0.383 e. The van der Waals surface area contributed by atoms with Crippen molar-refractivity contribution in [3.05, 3.63) is 0 Å². The maximum Gasteiger partial charge on any atom is 0.236 e. The van der Waals surface area contributed by atoms with E-state index in [1.165, 1.54) is 0 Å². The molecule has 0 aliphatic carbocycles. The summed E-state index contributed by atoms with van der Waals surface area (Å²) in [5.41, 5.74) is 0. The van der Waals surface area contributed by atoms with Crippen molar-refractivity contribution in [3.63, 3.8) is 0 Å². The van der Waals surface area contributed by atoms with Crippen molar-refractivity contribution >= 4 is 5.91 Å². The molecule has 0 saturated heterocycles. The van der Waals surface area contributed by atoms with Crippen molar-refractivity contribution in [3.8, 4) is 0 Å². The van der Waals surface area contributed by atoms with Crippen LogP contribution in [0.15, 0.2) is 0 Å². The molecule has 0 aromatic heterocycles. The molecule has 0 rings (SSSR count). The van der Waals surface area contributed by atoms with Crippen molar-refractivity contribution in [2.45, 2.75) is 19.1 Å². The Hall–Kier alpha value is -0.690. The molecule has 0 aliphatic heterocycles. The van der Waals surface area contributed by atoms with Crippen LogP contribution in [0.3, 0.4) is 0 Å². The summed E-state index contributed by atoms with van der Waals surface area (Å²) in [6.07, 6.45) is -0.0470. The van der Waals surface area contributed by atoms with Crippen molar-refractivity contribution < 1.29 is 19.0 Å². The SMILES string of the molecule is COCCNC(=O)C(C)NCC(COC)OC. The zero-order chi connectivity index (χ0) is 13.1. The Morgan fingerprint density at radius 3 is 2.47 bits per heavy atom. The van der Waals surface area contributed by atoms with Gasteiger partial charge in [-0.05, 0) is 6.92 Å². The number of carbonyl (C=O) groups excluding carboxylic acids is 1. The summed E-state index contributed by atoms with van der Waals surface area (Å²) >= 11 is 0. The molecule has 17 heavy (non-hydrogen) atoms. The zero-order valence-corrected chi connectivity index (χ0v) is 11.1. The van der Waals surface area contributed by atoms with Crippen LogP contribution in [0.4, 0.5) is 0 Å². The maximum absolute atomic E-state index is 11.6. The Balaban J connectivity index is 3.75. The third-order valence-electron chi connectivity index (χ3n) is 2.34. The first-order valence-corrected chi connectivity index (χ1v) is 5.67. The van der Waals surface area contributed by atoms with Crippen LogP contribution in [-0.4, -0.2) is 65.7 Å². The number of ether oxygens (including phenoxy) is 3. The number of amides is 1. The topological polar surface area (TPSA) is 68.8 Å². The monoisotopic (exact) mass is 248 g/mol. The Morgan fingerprint density at radius 2 is 1.94 bits per heavy atom. The molecule has 0 saturated carbocycles. The maximum atomic E-state index is 11.6. The van der Waals surface area contributed by atoms with E-state index in [1.54, 1.807) is 21.3 Å². The van der Waals surface area contributed by atoms with E-state index in [0.717, 1.165) is 0 Å². The van der Waals surface area contributed by atoms with Gasteiger partial charge < -0.3 is 24.8 Å². The molecule has 2 atom stereocenters. The number of hydrogen-bond donors (Lipinski definition) is 2. The van der Waals surface area contributed by atoms with Crippen LogP contribution in [0.1, 0.15) is 6.92 Å². The van der Waals surface area contributed by atoms with Gasteiger partial charge in [-0.1, -0.05) is 0 Å². The molecular weight excluding hydrogens is 224 g/mol. The highest BCUT2D eigenvalue weighted by molar-refractivity contribution is 5.81. The van der Waals surface area contributed by atoms with Gasteiger partial charge in [0.05, 0.1) is 25.4 Å². The third-order valence-corrected chi connectivity index (χ3v) is 2.34. The lowest BCUT2D eigenvalue weighted by Gasteiger charge is -2.18. The lowest BCUT2D eigenvalue weighted by atomic mass is 10.3. The summed E-state index contributed by atoms with van der Waals surface area (Å²) in [7, 11) is 4.84. The Bertz CT molecular complexity index is 202. The van der Waals surface area contributed by atoms with Crippen LogP contribution in [0, 0.1) is 0 Å². The molecule has 0 aromatic carbocycles. The summed E-state index contributed by atoms with van der Waals surface area (Å²) in [6.45, 7) is 3.92. The number of hydrogen-bond acceptors (Lipinski definition) is 5. The second-order valence-electron chi connectivity index (χ2n) is 3.73. The van der Waals surface area contributed by atoms with E-state index in [0.29, 0.717) is 26.3 Å². The molecule has 0 aromatic rings. The number of rotatable bonds is 10. The van der Waals surface area contributed by atoms with Crippen LogP contribution < -0.4 is 10.6 Å². The number of carbonyl (C=O) groups is 1. The third kappa shape index (κ3) is 8.09. The van der Waals surface area contributed by atoms with Crippen molar-refractivity contribution in [2.24, 2.45) is 0 Å². The van der Waals surface area contributed by atoms with Gasteiger partial charge in [-0.3, -0.25) is 4.79 Å². The van der Waals surface area contributed by atoms with Gasteiger partial charge in [0.15, 0.2) is 0 Å². The highest BCUT2D eigenvalue weighted by atomic mass is 16.5. The summed E-state index contributed by atoms with van der Waals surface area (Å²) in [5.74, 6) is -0.0469. The molecule has 0 spiro atoms. The van der Waals surface area contributed by atoms with Crippen molar-refractivity contribution in [1.29, 1.82) is 0 Å². The summed E-state index contributed by atoms with van der Waals surface area (Å²) < 4.78 is 15.0. The Labute approximate surface area is 103 Å². The first-order valence-electron chi connectivity index (χ1n) is 5.67. The van der Waals surface area contributed by atoms with Crippen LogP contribution in [-0.2, 0) is 19.0 Å². The highest BCUT2D eigenvalue weighted by Gasteiger charge is 2.14. The van der Waals surface area contributed by atoms with Gasteiger partial charge >= 0.3 is 0 Å². The Morgan fingerprint density at radius 1 is 1.24 bits per heavy atom. The van der Waals surface area contributed by atoms with Gasteiger partial charge in [0.2, 0.25) is 5.91 Å². The molecule has 2 unspecified atom stereocenters. The van der Waals surface area contributed by atoms with E-state index in [2.05, 4.69) is 10.6 Å². The molecule has 102 valence electrons. The first-order chi connectivity index (χ1) is 8.15. The minimum atomic E-state index is -0.263. The lowest BCUT2D eigenvalue weighted by molar-refractivity contribution is -0.123. The quantitative estimate of drug-likeness (QED) is 0.505. The van der Waals surface area contributed by atoms with E-state index in [1.807, 2.05) is 6.92 Å². The smallest absolute Gasteiger partial charge is 0.236 e. The second-order valence-corrected chi connectivity index (χ2v) is 3.73. The molecule has 6 nitrogen and oxygen atoms in total. The molecule has 0 fully saturated rings. The van der Waals surface area contributed by atoms with E-state index in [4.69, 9.17) is 14.2 Å². The summed E-state index contributed by atoms with van der Waals surface area (Å²) in [5, 5.41) is 5.85. The molecule has 6 heteroatoms. The molecule has 1 amide bonds. The minimum Gasteiger partial charge on any atom is -0.383 e. The molecule has 0 aliphatic rings. The van der Waals surface area contributed by atoms with E-state index >= 15 is 0 Å². The highest BCUT2D eigenvalue weighted by Crippen LogP contribution is 1.90. The van der Waals surface area contributed by atoms with Gasteiger partial charge in [0, 0.05) is 34.4 Å². The molecule has 0 heterocycles. The van der Waals surface area contributed by atoms with Crippen LogP contribution in [0.5, 0.6) is 0 Å². The average molecular weight is 248 g/mol. The van der Waals surface area contributed by atoms with Crippen LogP contribution in [0.2, 0.25) is 0 Å². The second kappa shape index (κ2) is 10.5. The van der Waals surface area contributed by atoms with Crippen molar-refractivity contribution in [2.75, 3.05) is 47.6 Å². The standard InChI is InChI=1S/C11H24N2O4/c1-9(11(14)12-5-6-15-2)13-7-10(17-4)8-16-3/h9-10,13H,5-8H2,1-4H3,(H,12,14). The summed E-state index contributed by atoms with van der Waals surface area (Å²) in [4.78, 5) is 11.6. The summed E-state index contributed by atoms with van der Waals surface area (Å²) in [6, 6.07) is -0.263. The normalized spacial score (nSPS) is 14.4. The number of nitrogens with one attached hydrogen (secondary N) is 2. The molecule has 2 N–H and O–H groups in total. The van der Waals surface area contributed by atoms with Gasteiger partial charge in [-0.25, -0.2) is 0 Å². The fourth-order valence-electron chi connectivity index (χ4n) is 1.23. The predicted molar refractivity (Wildman–Crippen MR) is 65.0 cm³/mol. The Kier molecular flexibility index (Phi) is 10.0. The predicted octanol–water partition coefficient (Wildman–Crippen LogP) is -0.611. The van der Waals surface area contributed by atoms with Gasteiger partial charge in [-0.2, -0.15) is 0 Å². The van der Waals surface area contributed by atoms with E-state index in [9.17, 15) is 4.79 Å². The molecular formula is C11H24N2O4. The first kappa shape index (κ1) is 16.3. The molecule has 0 radical (unpaired) electrons. The van der Waals surface area contributed by atoms with Crippen LogP contribution >= 0.6 is 0 Å². The van der Waals surface area contributed by atoms with E-state index < -0.39 is 0 Å². The molecule has 0 bridgehead atoms. The fraction of sp³-hybridized carbons (Fsp3) is 0.909. The van der Waals surface area contributed by atoms with Crippen LogP contribution in [0.25, 0.3) is 0 Å². The van der Waals surface area contributed by atoms with Gasteiger partial charge in [0.1, 0.15) is 0 Å². The lowest BCUT2D eigenvalue weighted by Crippen LogP contribution is -2.46. The number of methoxy groups -OCH3 is 3. The average Bonchev–Trinajstić information content (AvgIpc) is 2.34. The zero-order valence-electron chi connectivity index (χ0n) is 11.1.